The van der Waals surface area contributed by atoms with Crippen molar-refractivity contribution in [3.63, 3.8) is 0 Å². The quantitative estimate of drug-likeness (QED) is 0.529. The second-order valence-electron chi connectivity index (χ2n) is 6.27. The SMILES string of the molecule is C=C(C)c1cccc(-c2ccc(/C=c3\sc4ccccc4c3=C)[nH]2)c1. The normalized spacial score (nSPS) is 12.0. The maximum atomic E-state index is 4.26. The van der Waals surface area contributed by atoms with E-state index in [9.17, 15) is 0 Å². The molecule has 0 aliphatic heterocycles. The van der Waals surface area contributed by atoms with Crippen LogP contribution in [0, 0.1) is 0 Å². The van der Waals surface area contributed by atoms with Gasteiger partial charge in [-0.05, 0) is 59.0 Å². The van der Waals surface area contributed by atoms with Crippen LogP contribution in [0.3, 0.4) is 0 Å². The third-order valence-electron chi connectivity index (χ3n) is 4.39. The molecule has 4 aromatic rings. The molecule has 122 valence electrons. The Morgan fingerprint density at radius 2 is 1.88 bits per heavy atom. The molecule has 4 rings (SSSR count). The average Bonchev–Trinajstić information content (AvgIpc) is 3.21. The molecule has 2 aromatic carbocycles. The van der Waals surface area contributed by atoms with Crippen molar-refractivity contribution >= 4 is 39.7 Å². The minimum Gasteiger partial charge on any atom is -0.355 e. The minimum absolute atomic E-state index is 1.08. The third kappa shape index (κ3) is 2.97. The van der Waals surface area contributed by atoms with Crippen molar-refractivity contribution in [2.75, 3.05) is 0 Å². The highest BCUT2D eigenvalue weighted by atomic mass is 32.1. The highest BCUT2D eigenvalue weighted by molar-refractivity contribution is 7.17. The standard InChI is InChI=1S/C23H19NS/c1-15(2)17-7-6-8-18(13-17)21-12-11-19(24-21)14-23-16(3)20-9-4-5-10-22(20)25-23/h4-14,24H,1,3H2,2H3/b23-14-. The van der Waals surface area contributed by atoms with Crippen molar-refractivity contribution in [2.45, 2.75) is 6.92 Å². The number of benzene rings is 2. The molecular weight excluding hydrogens is 322 g/mol. The first-order valence-electron chi connectivity index (χ1n) is 8.25. The molecule has 0 saturated carbocycles. The van der Waals surface area contributed by atoms with Crippen molar-refractivity contribution in [3.05, 3.63) is 88.3 Å². The second-order valence-corrected chi connectivity index (χ2v) is 7.36. The molecule has 0 bridgehead atoms. The van der Waals surface area contributed by atoms with Crippen LogP contribution >= 0.6 is 11.3 Å². The number of hydrogen-bond acceptors (Lipinski definition) is 1. The molecule has 0 amide bonds. The lowest BCUT2D eigenvalue weighted by Gasteiger charge is -2.03. The van der Waals surface area contributed by atoms with Gasteiger partial charge in [-0.2, -0.15) is 0 Å². The molecule has 2 heteroatoms. The van der Waals surface area contributed by atoms with E-state index in [1.54, 1.807) is 11.3 Å². The van der Waals surface area contributed by atoms with Crippen LogP contribution < -0.4 is 9.75 Å². The number of aromatic amines is 1. The van der Waals surface area contributed by atoms with Crippen LogP contribution in [-0.2, 0) is 0 Å². The number of allylic oxidation sites excluding steroid dienone is 1. The van der Waals surface area contributed by atoms with Gasteiger partial charge < -0.3 is 4.98 Å². The molecule has 0 fully saturated rings. The van der Waals surface area contributed by atoms with E-state index in [1.807, 2.05) is 6.92 Å². The minimum atomic E-state index is 1.08. The Bertz CT molecular complexity index is 1190. The molecule has 1 N–H and O–H groups in total. The van der Waals surface area contributed by atoms with E-state index in [2.05, 4.69) is 84.9 Å². The predicted octanol–water partition coefficient (Wildman–Crippen LogP) is 5.17. The Morgan fingerprint density at radius 3 is 2.68 bits per heavy atom. The van der Waals surface area contributed by atoms with Crippen molar-refractivity contribution in [2.24, 2.45) is 0 Å². The molecular formula is C23H19NS. The summed E-state index contributed by atoms with van der Waals surface area (Å²) >= 11 is 1.78. The summed E-state index contributed by atoms with van der Waals surface area (Å²) < 4.78 is 2.48. The number of H-pyrrole nitrogens is 1. The van der Waals surface area contributed by atoms with E-state index in [4.69, 9.17) is 0 Å². The number of rotatable bonds is 3. The van der Waals surface area contributed by atoms with Crippen LogP contribution in [-0.4, -0.2) is 4.98 Å². The molecule has 25 heavy (non-hydrogen) atoms. The fourth-order valence-electron chi connectivity index (χ4n) is 2.99. The van der Waals surface area contributed by atoms with Gasteiger partial charge >= 0.3 is 0 Å². The molecule has 0 unspecified atom stereocenters. The average molecular weight is 341 g/mol. The topological polar surface area (TPSA) is 15.8 Å². The first-order valence-corrected chi connectivity index (χ1v) is 9.07. The van der Waals surface area contributed by atoms with E-state index in [0.717, 1.165) is 22.2 Å². The Kier molecular flexibility index (Phi) is 3.90. The zero-order valence-electron chi connectivity index (χ0n) is 14.2. The molecule has 0 aliphatic rings. The number of hydrogen-bond donors (Lipinski definition) is 1. The summed E-state index contributed by atoms with van der Waals surface area (Å²) in [7, 11) is 0. The Labute approximate surface area is 151 Å². The maximum Gasteiger partial charge on any atom is 0.0458 e. The van der Waals surface area contributed by atoms with Crippen molar-refractivity contribution in [1.29, 1.82) is 0 Å². The predicted molar refractivity (Wildman–Crippen MR) is 111 cm³/mol. The van der Waals surface area contributed by atoms with E-state index in [-0.39, 0.29) is 0 Å². The van der Waals surface area contributed by atoms with Gasteiger partial charge in [-0.3, -0.25) is 0 Å². The molecule has 0 atom stereocenters. The van der Waals surface area contributed by atoms with E-state index in [0.29, 0.717) is 0 Å². The Balaban J connectivity index is 1.76. The van der Waals surface area contributed by atoms with Crippen LogP contribution in [0.1, 0.15) is 18.2 Å². The first-order chi connectivity index (χ1) is 12.1. The summed E-state index contributed by atoms with van der Waals surface area (Å²) in [6.07, 6.45) is 2.18. The van der Waals surface area contributed by atoms with Crippen LogP contribution in [0.5, 0.6) is 0 Å². The van der Waals surface area contributed by atoms with Crippen LogP contribution in [0.4, 0.5) is 0 Å². The van der Waals surface area contributed by atoms with Gasteiger partial charge in [0, 0.05) is 20.6 Å². The van der Waals surface area contributed by atoms with Crippen LogP contribution in [0.2, 0.25) is 0 Å². The number of nitrogens with one attached hydrogen (secondary N) is 1. The van der Waals surface area contributed by atoms with Crippen LogP contribution in [0.25, 0.3) is 39.6 Å². The number of aromatic nitrogens is 1. The lowest BCUT2D eigenvalue weighted by Crippen LogP contribution is -2.16. The van der Waals surface area contributed by atoms with Crippen molar-refractivity contribution < 1.29 is 0 Å². The monoisotopic (exact) mass is 341 g/mol. The highest BCUT2D eigenvalue weighted by Crippen LogP contribution is 2.23. The van der Waals surface area contributed by atoms with Gasteiger partial charge in [0.25, 0.3) is 0 Å². The fraction of sp³-hybridized carbons (Fsp3) is 0.0435. The summed E-state index contributed by atoms with van der Waals surface area (Å²) in [5.41, 5.74) is 5.62. The Hall–Kier alpha value is -2.84. The van der Waals surface area contributed by atoms with Crippen molar-refractivity contribution in [1.82, 2.24) is 4.98 Å². The third-order valence-corrected chi connectivity index (χ3v) is 5.55. The van der Waals surface area contributed by atoms with E-state index in [1.165, 1.54) is 25.7 Å². The summed E-state index contributed by atoms with van der Waals surface area (Å²) in [6.45, 7) is 10.3. The van der Waals surface area contributed by atoms with E-state index >= 15 is 0 Å². The van der Waals surface area contributed by atoms with Gasteiger partial charge in [-0.15, -0.1) is 11.3 Å². The van der Waals surface area contributed by atoms with Gasteiger partial charge in [0.05, 0.1) is 0 Å². The molecule has 0 saturated heterocycles. The van der Waals surface area contributed by atoms with Crippen molar-refractivity contribution in [3.8, 4) is 11.3 Å². The summed E-state index contributed by atoms with van der Waals surface area (Å²) in [6, 6.07) is 21.1. The molecule has 0 spiro atoms. The lowest BCUT2D eigenvalue weighted by molar-refractivity contribution is 1.36. The zero-order valence-corrected chi connectivity index (χ0v) is 15.0. The van der Waals surface area contributed by atoms with Gasteiger partial charge in [-0.25, -0.2) is 0 Å². The summed E-state index contributed by atoms with van der Waals surface area (Å²) in [5.74, 6) is 0. The number of fused-ring (bicyclic) bond motifs is 1. The molecule has 2 aromatic heterocycles. The molecule has 0 radical (unpaired) electrons. The smallest absolute Gasteiger partial charge is 0.0458 e. The van der Waals surface area contributed by atoms with Crippen LogP contribution in [0.15, 0.2) is 67.2 Å². The first kappa shape index (κ1) is 15.7. The highest BCUT2D eigenvalue weighted by Gasteiger charge is 2.03. The van der Waals surface area contributed by atoms with Gasteiger partial charge in [0.1, 0.15) is 0 Å². The second kappa shape index (κ2) is 6.23. The lowest BCUT2D eigenvalue weighted by atomic mass is 10.0. The molecule has 2 heterocycles. The van der Waals surface area contributed by atoms with Gasteiger partial charge in [-0.1, -0.05) is 55.1 Å². The van der Waals surface area contributed by atoms with Gasteiger partial charge in [0.2, 0.25) is 0 Å². The maximum absolute atomic E-state index is 4.26. The summed E-state index contributed by atoms with van der Waals surface area (Å²) in [5, 5.41) is 2.33. The molecule has 1 nitrogen and oxygen atoms in total. The Morgan fingerprint density at radius 1 is 1.04 bits per heavy atom. The van der Waals surface area contributed by atoms with Gasteiger partial charge in [0.15, 0.2) is 0 Å². The molecule has 0 aliphatic carbocycles. The van der Waals surface area contributed by atoms with E-state index < -0.39 is 0 Å². The zero-order chi connectivity index (χ0) is 17.4. The summed E-state index contributed by atoms with van der Waals surface area (Å²) in [4.78, 5) is 3.51. The number of thiophene rings is 1. The fourth-order valence-corrected chi connectivity index (χ4v) is 4.10. The largest absolute Gasteiger partial charge is 0.355 e.